The highest BCUT2D eigenvalue weighted by molar-refractivity contribution is 5.86. The number of benzene rings is 8. The predicted molar refractivity (Wildman–Crippen MR) is 222 cm³/mol. The monoisotopic (exact) mass is 670 g/mol. The molecule has 8 rings (SSSR count). The van der Waals surface area contributed by atoms with Crippen LogP contribution >= 0.6 is 0 Å². The molecular weight excluding hydrogens is 625 g/mol. The van der Waals surface area contributed by atoms with Crippen LogP contribution in [0.15, 0.2) is 194 Å². The summed E-state index contributed by atoms with van der Waals surface area (Å²) >= 11 is 0. The van der Waals surface area contributed by atoms with Crippen molar-refractivity contribution < 1.29 is 0 Å². The zero-order chi connectivity index (χ0) is 35.1. The Hall–Kier alpha value is -5.72. The summed E-state index contributed by atoms with van der Waals surface area (Å²) in [6.45, 7) is 2.40. The van der Waals surface area contributed by atoms with E-state index in [1.807, 2.05) is 0 Å². The molecule has 0 spiro atoms. The Morgan fingerprint density at radius 3 is 1.67 bits per heavy atom. The van der Waals surface area contributed by atoms with Crippen LogP contribution in [-0.4, -0.2) is 0 Å². The lowest BCUT2D eigenvalue weighted by Crippen LogP contribution is -2.12. The van der Waals surface area contributed by atoms with Crippen molar-refractivity contribution in [2.24, 2.45) is 0 Å². The Balaban J connectivity index is 0.988. The van der Waals surface area contributed by atoms with E-state index in [-0.39, 0.29) is 0 Å². The highest BCUT2D eigenvalue weighted by Gasteiger charge is 2.22. The van der Waals surface area contributed by atoms with E-state index in [0.29, 0.717) is 17.8 Å². The van der Waals surface area contributed by atoms with E-state index < -0.39 is 0 Å². The molecule has 0 saturated heterocycles. The first-order valence-corrected chi connectivity index (χ1v) is 18.9. The van der Waals surface area contributed by atoms with Crippen LogP contribution < -0.4 is 0 Å². The summed E-state index contributed by atoms with van der Waals surface area (Å²) in [6, 6.07) is 71.9. The van der Waals surface area contributed by atoms with Crippen LogP contribution in [0.2, 0.25) is 0 Å². The third-order valence-corrected chi connectivity index (χ3v) is 11.2. The average molecular weight is 671 g/mol. The van der Waals surface area contributed by atoms with Gasteiger partial charge in [-0.1, -0.05) is 201 Å². The zero-order valence-electron chi connectivity index (χ0n) is 30.0. The van der Waals surface area contributed by atoms with Crippen molar-refractivity contribution in [2.45, 2.75) is 50.4 Å². The van der Waals surface area contributed by atoms with Crippen molar-refractivity contribution in [3.63, 3.8) is 0 Å². The first-order chi connectivity index (χ1) is 25.7. The standard InChI is InChI=1S/C52H46/c1-38(52(46-16-6-3-7-17-46)37-47-22-12-20-44-18-8-10-23-49(44)47)41-32-34-43(35-33-41)42-29-26-39(27-30-42)28-31-48(36-40-14-4-2-5-15-40)51-25-13-21-45-19-9-11-24-50(45)51/h2-27,29-30,32-35,38,48,52H,28,31,36-37H2,1H3. The summed E-state index contributed by atoms with van der Waals surface area (Å²) in [7, 11) is 0. The number of hydrogen-bond acceptors (Lipinski definition) is 0. The molecule has 0 saturated carbocycles. The van der Waals surface area contributed by atoms with Gasteiger partial charge in [0.05, 0.1) is 0 Å². The fourth-order valence-corrected chi connectivity index (χ4v) is 8.28. The minimum Gasteiger partial charge on any atom is -0.0622 e. The molecule has 0 fully saturated rings. The van der Waals surface area contributed by atoms with Crippen LogP contribution in [0.1, 0.15) is 64.5 Å². The average Bonchev–Trinajstić information content (AvgIpc) is 3.22. The molecular formula is C52H46. The molecule has 0 N–H and O–H groups in total. The minimum atomic E-state index is 0.364. The van der Waals surface area contributed by atoms with E-state index >= 15 is 0 Å². The maximum absolute atomic E-state index is 2.40. The van der Waals surface area contributed by atoms with Crippen molar-refractivity contribution in [3.05, 3.63) is 228 Å². The smallest absolute Gasteiger partial charge is 0.00551 e. The van der Waals surface area contributed by atoms with Crippen molar-refractivity contribution in [1.82, 2.24) is 0 Å². The van der Waals surface area contributed by atoms with Crippen LogP contribution in [0.25, 0.3) is 32.7 Å². The van der Waals surface area contributed by atoms with Gasteiger partial charge in [-0.05, 0) is 109 Å². The number of aryl methyl sites for hydroxylation is 1. The van der Waals surface area contributed by atoms with Gasteiger partial charge in [0.15, 0.2) is 0 Å². The topological polar surface area (TPSA) is 0 Å². The molecule has 0 radical (unpaired) electrons. The Bertz CT molecular complexity index is 2340. The van der Waals surface area contributed by atoms with E-state index in [0.717, 1.165) is 25.7 Å². The summed E-state index contributed by atoms with van der Waals surface area (Å²) in [5.41, 5.74) is 11.0. The normalized spacial score (nSPS) is 13.2. The lowest BCUT2D eigenvalue weighted by atomic mass is 9.78. The summed E-state index contributed by atoms with van der Waals surface area (Å²) in [5.74, 6) is 1.18. The molecule has 8 aromatic carbocycles. The highest BCUT2D eigenvalue weighted by Crippen LogP contribution is 2.38. The molecule has 0 aliphatic rings. The number of rotatable bonds is 12. The number of hydrogen-bond donors (Lipinski definition) is 0. The maximum atomic E-state index is 2.40. The van der Waals surface area contributed by atoms with Gasteiger partial charge in [0, 0.05) is 0 Å². The van der Waals surface area contributed by atoms with Gasteiger partial charge < -0.3 is 0 Å². The predicted octanol–water partition coefficient (Wildman–Crippen LogP) is 13.7. The van der Waals surface area contributed by atoms with Crippen LogP contribution in [0.4, 0.5) is 0 Å². The highest BCUT2D eigenvalue weighted by atomic mass is 14.3. The molecule has 0 heteroatoms. The summed E-state index contributed by atoms with van der Waals surface area (Å²) in [5, 5.41) is 5.37. The molecule has 0 aliphatic carbocycles. The van der Waals surface area contributed by atoms with Crippen LogP contribution in [0.3, 0.4) is 0 Å². The van der Waals surface area contributed by atoms with Gasteiger partial charge in [-0.15, -0.1) is 0 Å². The van der Waals surface area contributed by atoms with Gasteiger partial charge in [-0.3, -0.25) is 0 Å². The fraction of sp³-hybridized carbons (Fsp3) is 0.154. The Morgan fingerprint density at radius 2 is 0.962 bits per heavy atom. The van der Waals surface area contributed by atoms with E-state index in [1.54, 1.807) is 0 Å². The lowest BCUT2D eigenvalue weighted by molar-refractivity contribution is 0.574. The van der Waals surface area contributed by atoms with Gasteiger partial charge in [0.1, 0.15) is 0 Å². The van der Waals surface area contributed by atoms with Crippen LogP contribution in [0, 0.1) is 0 Å². The maximum Gasteiger partial charge on any atom is -0.00551 e. The third kappa shape index (κ3) is 7.48. The Kier molecular flexibility index (Phi) is 10.1. The van der Waals surface area contributed by atoms with Gasteiger partial charge in [-0.25, -0.2) is 0 Å². The second kappa shape index (κ2) is 15.7. The lowest BCUT2D eigenvalue weighted by Gasteiger charge is -2.26. The molecule has 0 amide bonds. The molecule has 0 aromatic heterocycles. The molecule has 8 aromatic rings. The van der Waals surface area contributed by atoms with Crippen molar-refractivity contribution in [2.75, 3.05) is 0 Å². The van der Waals surface area contributed by atoms with Crippen LogP contribution in [0.5, 0.6) is 0 Å². The SMILES string of the molecule is CC(c1ccc(-c2ccc(CCC(Cc3ccccc3)c3cccc4ccccc34)cc2)cc1)C(Cc1cccc2ccccc12)c1ccccc1. The molecule has 3 unspecified atom stereocenters. The second-order valence-electron chi connectivity index (χ2n) is 14.5. The third-order valence-electron chi connectivity index (χ3n) is 11.2. The molecule has 254 valence electrons. The molecule has 0 heterocycles. The first kappa shape index (κ1) is 33.4. The van der Waals surface area contributed by atoms with E-state index in [2.05, 4.69) is 201 Å². The zero-order valence-corrected chi connectivity index (χ0v) is 30.0. The summed E-state index contributed by atoms with van der Waals surface area (Å²) in [4.78, 5) is 0. The summed E-state index contributed by atoms with van der Waals surface area (Å²) in [6.07, 6.45) is 4.21. The molecule has 3 atom stereocenters. The van der Waals surface area contributed by atoms with E-state index in [1.165, 1.54) is 66.1 Å². The summed E-state index contributed by atoms with van der Waals surface area (Å²) < 4.78 is 0. The Morgan fingerprint density at radius 1 is 0.404 bits per heavy atom. The fourth-order valence-electron chi connectivity index (χ4n) is 8.28. The minimum absolute atomic E-state index is 0.364. The van der Waals surface area contributed by atoms with Gasteiger partial charge in [0.25, 0.3) is 0 Å². The van der Waals surface area contributed by atoms with Crippen molar-refractivity contribution in [3.8, 4) is 11.1 Å². The quantitative estimate of drug-likeness (QED) is 0.121. The molecule has 0 aliphatic heterocycles. The second-order valence-corrected chi connectivity index (χ2v) is 14.5. The van der Waals surface area contributed by atoms with Crippen molar-refractivity contribution >= 4 is 21.5 Å². The Labute approximate surface area is 309 Å². The van der Waals surface area contributed by atoms with Gasteiger partial charge in [0.2, 0.25) is 0 Å². The molecule has 0 bridgehead atoms. The first-order valence-electron chi connectivity index (χ1n) is 18.9. The molecule has 52 heavy (non-hydrogen) atoms. The van der Waals surface area contributed by atoms with Gasteiger partial charge in [-0.2, -0.15) is 0 Å². The van der Waals surface area contributed by atoms with Crippen molar-refractivity contribution in [1.29, 1.82) is 0 Å². The van der Waals surface area contributed by atoms with Crippen LogP contribution in [-0.2, 0) is 19.3 Å². The van der Waals surface area contributed by atoms with E-state index in [9.17, 15) is 0 Å². The van der Waals surface area contributed by atoms with Gasteiger partial charge >= 0.3 is 0 Å². The van der Waals surface area contributed by atoms with E-state index in [4.69, 9.17) is 0 Å². The largest absolute Gasteiger partial charge is 0.0622 e. The number of fused-ring (bicyclic) bond motifs is 2. The molecule has 0 nitrogen and oxygen atoms in total.